The highest BCUT2D eigenvalue weighted by Crippen LogP contribution is 2.31. The second-order valence-electron chi connectivity index (χ2n) is 7.29. The van der Waals surface area contributed by atoms with Crippen LogP contribution in [0.15, 0.2) is 36.4 Å². The van der Waals surface area contributed by atoms with Crippen LogP contribution >= 0.6 is 0 Å². The maximum atomic E-state index is 13.2. The maximum absolute atomic E-state index is 13.2. The highest BCUT2D eigenvalue weighted by atomic mass is 32.2. The van der Waals surface area contributed by atoms with E-state index in [1.54, 1.807) is 31.3 Å². The van der Waals surface area contributed by atoms with E-state index >= 15 is 0 Å². The number of hydrogen-bond donors (Lipinski definition) is 0. The fourth-order valence-corrected chi connectivity index (χ4v) is 4.75. The molecule has 0 spiro atoms. The van der Waals surface area contributed by atoms with E-state index in [1.807, 2.05) is 31.2 Å². The summed E-state index contributed by atoms with van der Waals surface area (Å²) in [7, 11) is -0.166. The van der Waals surface area contributed by atoms with Crippen LogP contribution in [-0.2, 0) is 23.0 Å². The molecule has 0 atom stereocenters. The lowest BCUT2D eigenvalue weighted by molar-refractivity contribution is 0.0752. The Kier molecular flexibility index (Phi) is 6.55. The number of benzene rings is 2. The summed E-state index contributed by atoms with van der Waals surface area (Å²) in [6.07, 6.45) is 2.70. The fourth-order valence-electron chi connectivity index (χ4n) is 3.75. The molecule has 1 aliphatic heterocycles. The zero-order chi connectivity index (χ0) is 21.9. The van der Waals surface area contributed by atoms with Gasteiger partial charge in [-0.15, -0.1) is 0 Å². The van der Waals surface area contributed by atoms with Crippen molar-refractivity contribution in [3.8, 4) is 11.5 Å². The Balaban J connectivity index is 1.84. The number of sulfonamides is 1. The van der Waals surface area contributed by atoms with Gasteiger partial charge in [-0.25, -0.2) is 8.42 Å². The number of fused-ring (bicyclic) bond motifs is 1. The molecule has 1 heterocycles. The largest absolute Gasteiger partial charge is 0.493 e. The molecule has 0 bridgehead atoms. The van der Waals surface area contributed by atoms with Crippen LogP contribution in [-0.4, -0.2) is 52.8 Å². The monoisotopic (exact) mass is 432 g/mol. The number of aryl methyl sites for hydroxylation is 1. The van der Waals surface area contributed by atoms with Crippen LogP contribution in [0.4, 0.5) is 5.69 Å². The standard InChI is InChI=1S/C22H28N2O5S/c1-5-23(15-16-8-11-20(28-2)21(13-16)29-3)22(25)18-9-10-19-17(14-18)7-6-12-24(19)30(4,26)27/h8-11,13-14H,5-7,12,15H2,1-4H3. The van der Waals surface area contributed by atoms with E-state index in [9.17, 15) is 13.2 Å². The van der Waals surface area contributed by atoms with Crippen LogP contribution in [0.5, 0.6) is 11.5 Å². The minimum Gasteiger partial charge on any atom is -0.493 e. The first-order valence-electron chi connectivity index (χ1n) is 9.89. The Morgan fingerprint density at radius 1 is 1.10 bits per heavy atom. The van der Waals surface area contributed by atoms with Gasteiger partial charge in [0.15, 0.2) is 11.5 Å². The minimum absolute atomic E-state index is 0.0911. The van der Waals surface area contributed by atoms with Crippen molar-refractivity contribution < 1.29 is 22.7 Å². The summed E-state index contributed by atoms with van der Waals surface area (Å²) in [5.41, 5.74) is 3.05. The van der Waals surface area contributed by atoms with Crippen LogP contribution < -0.4 is 13.8 Å². The Morgan fingerprint density at radius 3 is 2.47 bits per heavy atom. The number of methoxy groups -OCH3 is 2. The van der Waals surface area contributed by atoms with E-state index < -0.39 is 10.0 Å². The van der Waals surface area contributed by atoms with Crippen molar-refractivity contribution in [2.45, 2.75) is 26.3 Å². The normalized spacial score (nSPS) is 13.5. The minimum atomic E-state index is -3.33. The van der Waals surface area contributed by atoms with Gasteiger partial charge in [0.25, 0.3) is 5.91 Å². The van der Waals surface area contributed by atoms with Crippen LogP contribution in [0.1, 0.15) is 34.8 Å². The highest BCUT2D eigenvalue weighted by molar-refractivity contribution is 7.92. The first-order valence-corrected chi connectivity index (χ1v) is 11.7. The Hall–Kier alpha value is -2.74. The average molecular weight is 433 g/mol. The van der Waals surface area contributed by atoms with Gasteiger partial charge >= 0.3 is 0 Å². The summed E-state index contributed by atoms with van der Waals surface area (Å²) in [6.45, 7) is 3.38. The Morgan fingerprint density at radius 2 is 1.83 bits per heavy atom. The van der Waals surface area contributed by atoms with Crippen LogP contribution in [0, 0.1) is 0 Å². The Labute approximate surface area is 178 Å². The molecular weight excluding hydrogens is 404 g/mol. The molecule has 7 nitrogen and oxygen atoms in total. The molecule has 0 aromatic heterocycles. The van der Waals surface area contributed by atoms with Crippen molar-refractivity contribution in [2.75, 3.05) is 37.9 Å². The molecule has 162 valence electrons. The van der Waals surface area contributed by atoms with Gasteiger partial charge < -0.3 is 14.4 Å². The van der Waals surface area contributed by atoms with Crippen molar-refractivity contribution in [3.63, 3.8) is 0 Å². The van der Waals surface area contributed by atoms with E-state index in [1.165, 1.54) is 10.6 Å². The highest BCUT2D eigenvalue weighted by Gasteiger charge is 2.25. The van der Waals surface area contributed by atoms with Crippen molar-refractivity contribution in [3.05, 3.63) is 53.1 Å². The summed E-state index contributed by atoms with van der Waals surface area (Å²) < 4.78 is 36.2. The molecule has 8 heteroatoms. The predicted octanol–water partition coefficient (Wildman–Crippen LogP) is 3.08. The van der Waals surface area contributed by atoms with Crippen molar-refractivity contribution in [2.24, 2.45) is 0 Å². The molecule has 0 aliphatic carbocycles. The third kappa shape index (κ3) is 4.53. The van der Waals surface area contributed by atoms with E-state index in [0.29, 0.717) is 42.4 Å². The van der Waals surface area contributed by atoms with E-state index in [-0.39, 0.29) is 5.91 Å². The third-order valence-corrected chi connectivity index (χ3v) is 6.47. The number of hydrogen-bond acceptors (Lipinski definition) is 5. The lowest BCUT2D eigenvalue weighted by Crippen LogP contribution is -2.35. The molecular formula is C22H28N2O5S. The zero-order valence-corrected chi connectivity index (χ0v) is 18.7. The third-order valence-electron chi connectivity index (χ3n) is 5.29. The first kappa shape index (κ1) is 22.0. The van der Waals surface area contributed by atoms with Gasteiger partial charge in [0.2, 0.25) is 10.0 Å². The van der Waals surface area contributed by atoms with Gasteiger partial charge in [0.05, 0.1) is 26.2 Å². The lowest BCUT2D eigenvalue weighted by atomic mass is 10.00. The molecule has 0 N–H and O–H groups in total. The molecule has 3 rings (SSSR count). The van der Waals surface area contributed by atoms with Crippen molar-refractivity contribution in [1.29, 1.82) is 0 Å². The molecule has 0 fully saturated rings. The molecule has 1 amide bonds. The van der Waals surface area contributed by atoms with Crippen LogP contribution in [0.25, 0.3) is 0 Å². The molecule has 1 aliphatic rings. The summed E-state index contributed by atoms with van der Waals surface area (Å²) >= 11 is 0. The SMILES string of the molecule is CCN(Cc1ccc(OC)c(OC)c1)C(=O)c1ccc2c(c1)CCCN2S(C)(=O)=O. The molecule has 2 aromatic rings. The van der Waals surface area contributed by atoms with Gasteiger partial charge in [-0.05, 0) is 61.2 Å². The fraction of sp³-hybridized carbons (Fsp3) is 0.409. The van der Waals surface area contributed by atoms with Crippen molar-refractivity contribution >= 4 is 21.6 Å². The van der Waals surface area contributed by atoms with E-state index in [2.05, 4.69) is 0 Å². The van der Waals surface area contributed by atoms with Gasteiger partial charge in [-0.3, -0.25) is 9.10 Å². The molecule has 0 unspecified atom stereocenters. The molecule has 30 heavy (non-hydrogen) atoms. The molecule has 0 radical (unpaired) electrons. The molecule has 0 saturated heterocycles. The van der Waals surface area contributed by atoms with Crippen molar-refractivity contribution in [1.82, 2.24) is 4.90 Å². The number of anilines is 1. The summed E-state index contributed by atoms with van der Waals surface area (Å²) in [4.78, 5) is 14.9. The van der Waals surface area contributed by atoms with E-state index in [4.69, 9.17) is 9.47 Å². The number of carbonyl (C=O) groups is 1. The summed E-state index contributed by atoms with van der Waals surface area (Å²) in [5, 5.41) is 0. The second kappa shape index (κ2) is 8.95. The summed E-state index contributed by atoms with van der Waals surface area (Å²) in [6, 6.07) is 10.9. The lowest BCUT2D eigenvalue weighted by Gasteiger charge is -2.30. The zero-order valence-electron chi connectivity index (χ0n) is 17.8. The molecule has 2 aromatic carbocycles. The Bertz CT molecular complexity index is 1040. The first-order chi connectivity index (χ1) is 14.3. The molecule has 0 saturated carbocycles. The average Bonchev–Trinajstić information content (AvgIpc) is 2.75. The number of ether oxygens (including phenoxy) is 2. The van der Waals surface area contributed by atoms with Crippen LogP contribution in [0.3, 0.4) is 0 Å². The number of amides is 1. The topological polar surface area (TPSA) is 76.2 Å². The summed E-state index contributed by atoms with van der Waals surface area (Å²) in [5.74, 6) is 1.17. The van der Waals surface area contributed by atoms with Gasteiger partial charge in [-0.1, -0.05) is 6.07 Å². The van der Waals surface area contributed by atoms with Gasteiger partial charge in [-0.2, -0.15) is 0 Å². The van der Waals surface area contributed by atoms with E-state index in [0.717, 1.165) is 24.0 Å². The maximum Gasteiger partial charge on any atom is 0.254 e. The van der Waals surface area contributed by atoms with Gasteiger partial charge in [0.1, 0.15) is 0 Å². The van der Waals surface area contributed by atoms with Gasteiger partial charge in [0, 0.05) is 25.2 Å². The quantitative estimate of drug-likeness (QED) is 0.672. The number of rotatable bonds is 7. The predicted molar refractivity (Wildman–Crippen MR) is 117 cm³/mol. The smallest absolute Gasteiger partial charge is 0.254 e. The van der Waals surface area contributed by atoms with Crippen LogP contribution in [0.2, 0.25) is 0 Å². The second-order valence-corrected chi connectivity index (χ2v) is 9.20. The number of nitrogens with zero attached hydrogens (tertiary/aromatic N) is 2. The number of carbonyl (C=O) groups excluding carboxylic acids is 1.